The normalized spacial score (nSPS) is 41.6. The molecule has 3 saturated heterocycles. The second kappa shape index (κ2) is 5.80. The van der Waals surface area contributed by atoms with Crippen LogP contribution in [0.15, 0.2) is 0 Å². The number of hydrogen-bond donors (Lipinski definition) is 2. The predicted octanol–water partition coefficient (Wildman–Crippen LogP) is -2.07. The molecule has 0 aliphatic carbocycles. The summed E-state index contributed by atoms with van der Waals surface area (Å²) in [5.74, 6) is 0.873. The van der Waals surface area contributed by atoms with Crippen LogP contribution in [0.5, 0.6) is 0 Å². The summed E-state index contributed by atoms with van der Waals surface area (Å²) >= 11 is 0. The van der Waals surface area contributed by atoms with E-state index in [1.165, 1.54) is 45.3 Å². The van der Waals surface area contributed by atoms with Gasteiger partial charge in [-0.25, -0.2) is 0 Å². The Balaban J connectivity index is 1.62. The summed E-state index contributed by atoms with van der Waals surface area (Å²) in [6, 6.07) is 1.56. The molecule has 0 aromatic rings. The molecular weight excluding hydrogens is 240 g/mol. The van der Waals surface area contributed by atoms with Crippen LogP contribution < -0.4 is 15.3 Å². The molecule has 0 amide bonds. The lowest BCUT2D eigenvalue weighted by Crippen LogP contribution is -3.22. The van der Waals surface area contributed by atoms with Gasteiger partial charge in [-0.15, -0.1) is 0 Å². The second-order valence-electron chi connectivity index (χ2n) is 6.79. The molecule has 4 heteroatoms. The van der Waals surface area contributed by atoms with Crippen molar-refractivity contribution in [1.29, 1.82) is 0 Å². The first-order valence-corrected chi connectivity index (χ1v) is 8.13. The molecule has 4 nitrogen and oxygen atoms in total. The quantitative estimate of drug-likeness (QED) is 0.614. The van der Waals surface area contributed by atoms with Gasteiger partial charge in [0.05, 0.1) is 37.5 Å². The van der Waals surface area contributed by atoms with Crippen molar-refractivity contribution in [3.05, 3.63) is 0 Å². The highest BCUT2D eigenvalue weighted by molar-refractivity contribution is 5.64. The van der Waals surface area contributed by atoms with Crippen LogP contribution in [0.25, 0.3) is 0 Å². The van der Waals surface area contributed by atoms with E-state index in [0.29, 0.717) is 6.04 Å². The Kier molecular flexibility index (Phi) is 4.08. The highest BCUT2D eigenvalue weighted by Gasteiger charge is 2.50. The SMILES string of the molecule is O=C([O-])CCC[C@H]1[NH2+]C[C@H]2CCC[NH+]3CCC[C@@H]1[C@@H]23. The van der Waals surface area contributed by atoms with Gasteiger partial charge in [0.25, 0.3) is 0 Å². The molecule has 1 unspecified atom stereocenters. The lowest BCUT2D eigenvalue weighted by molar-refractivity contribution is -0.956. The fourth-order valence-corrected chi connectivity index (χ4v) is 5.04. The number of carbonyl (C=O) groups is 1. The van der Waals surface area contributed by atoms with Crippen LogP contribution in [0.1, 0.15) is 44.9 Å². The molecule has 0 aromatic carbocycles. The number of carbonyl (C=O) groups excluding carboxylic acids is 1. The van der Waals surface area contributed by atoms with E-state index in [4.69, 9.17) is 0 Å². The zero-order valence-electron chi connectivity index (χ0n) is 11.8. The first-order chi connectivity index (χ1) is 9.25. The van der Waals surface area contributed by atoms with E-state index in [2.05, 4.69) is 5.32 Å². The zero-order chi connectivity index (χ0) is 13.2. The van der Waals surface area contributed by atoms with Crippen molar-refractivity contribution in [3.63, 3.8) is 0 Å². The van der Waals surface area contributed by atoms with E-state index < -0.39 is 5.97 Å². The van der Waals surface area contributed by atoms with E-state index in [1.54, 1.807) is 0 Å². The van der Waals surface area contributed by atoms with Crippen molar-refractivity contribution < 1.29 is 20.1 Å². The van der Waals surface area contributed by atoms with Crippen molar-refractivity contribution in [2.75, 3.05) is 19.6 Å². The van der Waals surface area contributed by atoms with Crippen molar-refractivity contribution >= 4 is 5.97 Å². The molecule has 3 aliphatic rings. The van der Waals surface area contributed by atoms with Crippen LogP contribution in [0, 0.1) is 11.8 Å². The van der Waals surface area contributed by atoms with Crippen LogP contribution >= 0.6 is 0 Å². The van der Waals surface area contributed by atoms with Gasteiger partial charge in [0.15, 0.2) is 0 Å². The molecule has 0 radical (unpaired) electrons. The monoisotopic (exact) mass is 267 g/mol. The lowest BCUT2D eigenvalue weighted by Gasteiger charge is -2.49. The van der Waals surface area contributed by atoms with Gasteiger partial charge in [0.1, 0.15) is 6.04 Å². The van der Waals surface area contributed by atoms with Crippen LogP contribution in [0.4, 0.5) is 0 Å². The number of piperidine rings is 3. The number of nitrogens with one attached hydrogen (secondary N) is 1. The van der Waals surface area contributed by atoms with Crippen LogP contribution in [0.2, 0.25) is 0 Å². The lowest BCUT2D eigenvalue weighted by atomic mass is 9.70. The van der Waals surface area contributed by atoms with E-state index in [1.807, 2.05) is 4.90 Å². The van der Waals surface area contributed by atoms with Gasteiger partial charge in [0, 0.05) is 12.4 Å². The van der Waals surface area contributed by atoms with E-state index in [9.17, 15) is 9.90 Å². The van der Waals surface area contributed by atoms with Gasteiger partial charge >= 0.3 is 0 Å². The topological polar surface area (TPSA) is 61.2 Å². The Morgan fingerprint density at radius 3 is 2.84 bits per heavy atom. The minimum absolute atomic E-state index is 0.238. The van der Waals surface area contributed by atoms with Crippen molar-refractivity contribution in [3.8, 4) is 0 Å². The summed E-state index contributed by atoms with van der Waals surface area (Å²) in [4.78, 5) is 12.4. The van der Waals surface area contributed by atoms with Crippen molar-refractivity contribution in [2.45, 2.75) is 57.0 Å². The Bertz CT molecular complexity index is 325. The smallest absolute Gasteiger partial charge is 0.104 e. The molecule has 3 fully saturated rings. The molecule has 3 heterocycles. The summed E-state index contributed by atoms with van der Waals surface area (Å²) in [5, 5.41) is 13.1. The average Bonchev–Trinajstić information content (AvgIpc) is 2.41. The fourth-order valence-electron chi connectivity index (χ4n) is 5.04. The average molecular weight is 267 g/mol. The van der Waals surface area contributed by atoms with Crippen LogP contribution in [0.3, 0.4) is 0 Å². The van der Waals surface area contributed by atoms with Crippen molar-refractivity contribution in [2.24, 2.45) is 11.8 Å². The van der Waals surface area contributed by atoms with Gasteiger partial charge in [0.2, 0.25) is 0 Å². The third kappa shape index (κ3) is 2.79. The third-order valence-electron chi connectivity index (χ3n) is 5.76. The first-order valence-electron chi connectivity index (χ1n) is 8.13. The minimum Gasteiger partial charge on any atom is -0.550 e. The maximum absolute atomic E-state index is 10.6. The van der Waals surface area contributed by atoms with E-state index in [0.717, 1.165) is 30.7 Å². The number of nitrogens with two attached hydrogens (primary N) is 1. The highest BCUT2D eigenvalue weighted by atomic mass is 16.4. The van der Waals surface area contributed by atoms with Gasteiger partial charge < -0.3 is 20.1 Å². The predicted molar refractivity (Wildman–Crippen MR) is 69.4 cm³/mol. The van der Waals surface area contributed by atoms with Crippen molar-refractivity contribution in [1.82, 2.24) is 0 Å². The molecule has 0 saturated carbocycles. The molecule has 3 rings (SSSR count). The number of carboxylic acid groups (broad SMARTS) is 1. The molecule has 0 aromatic heterocycles. The Morgan fingerprint density at radius 1 is 1.26 bits per heavy atom. The molecule has 5 atom stereocenters. The van der Waals surface area contributed by atoms with Crippen LogP contribution in [-0.2, 0) is 4.79 Å². The molecule has 3 aliphatic heterocycles. The minimum atomic E-state index is -0.887. The highest BCUT2D eigenvalue weighted by Crippen LogP contribution is 2.29. The number of quaternary nitrogens is 2. The Hall–Kier alpha value is -0.610. The number of carboxylic acids is 1. The summed E-state index contributed by atoms with van der Waals surface area (Å²) in [5.41, 5.74) is 0. The number of rotatable bonds is 4. The summed E-state index contributed by atoms with van der Waals surface area (Å²) in [6.45, 7) is 4.04. The summed E-state index contributed by atoms with van der Waals surface area (Å²) < 4.78 is 0. The number of aliphatic carboxylic acids is 1. The molecule has 19 heavy (non-hydrogen) atoms. The van der Waals surface area contributed by atoms with Gasteiger partial charge in [-0.1, -0.05) is 0 Å². The molecule has 0 bridgehead atoms. The third-order valence-corrected chi connectivity index (χ3v) is 5.76. The first kappa shape index (κ1) is 13.4. The van der Waals surface area contributed by atoms with Gasteiger partial charge in [-0.2, -0.15) is 0 Å². The Labute approximate surface area is 115 Å². The largest absolute Gasteiger partial charge is 0.550 e. The summed E-state index contributed by atoms with van der Waals surface area (Å²) in [7, 11) is 0. The number of hydrogen-bond acceptors (Lipinski definition) is 2. The second-order valence-corrected chi connectivity index (χ2v) is 6.79. The summed E-state index contributed by atoms with van der Waals surface area (Å²) in [6.07, 6.45) is 7.67. The zero-order valence-corrected chi connectivity index (χ0v) is 11.8. The molecule has 3 N–H and O–H groups in total. The van der Waals surface area contributed by atoms with Gasteiger partial charge in [-0.05, 0) is 38.5 Å². The maximum atomic E-state index is 10.6. The maximum Gasteiger partial charge on any atom is 0.104 e. The molecule has 108 valence electrons. The van der Waals surface area contributed by atoms with Gasteiger partial charge in [-0.3, -0.25) is 0 Å². The van der Waals surface area contributed by atoms with E-state index >= 15 is 0 Å². The molecule has 0 spiro atoms. The van der Waals surface area contributed by atoms with E-state index in [-0.39, 0.29) is 6.42 Å². The molecular formula is C15H27N2O2+. The van der Waals surface area contributed by atoms with Crippen LogP contribution in [-0.4, -0.2) is 37.7 Å². The fraction of sp³-hybridized carbons (Fsp3) is 0.933. The Morgan fingerprint density at radius 2 is 2.05 bits per heavy atom. The standard InChI is InChI=1S/C15H26N2O2/c18-14(19)7-1-6-13-12-5-3-9-17-8-2-4-11(10-16-13)15(12)17/h11-13,15-16H,1-10H2,(H,18,19)/p+1/t11-,12+,13-,15-/m1/s1.